The molecule has 0 aliphatic rings. The van der Waals surface area contributed by atoms with Crippen LogP contribution in [0, 0.1) is 11.3 Å². The molecule has 3 rings (SSSR count). The lowest BCUT2D eigenvalue weighted by atomic mass is 10.0. The van der Waals surface area contributed by atoms with Crippen LogP contribution in [0.2, 0.25) is 5.02 Å². The van der Waals surface area contributed by atoms with Crippen molar-refractivity contribution in [3.63, 3.8) is 0 Å². The molecule has 0 unspecified atom stereocenters. The first-order valence-electron chi connectivity index (χ1n) is 7.34. The molecule has 0 N–H and O–H groups in total. The molecule has 1 heterocycles. The Bertz CT molecular complexity index is 932. The fraction of sp³-hybridized carbons (Fsp3) is 0. The molecule has 0 saturated heterocycles. The number of benzene rings is 2. The van der Waals surface area contributed by atoms with E-state index in [0.29, 0.717) is 10.6 Å². The Balaban J connectivity index is 1.99. The van der Waals surface area contributed by atoms with Crippen LogP contribution in [0.1, 0.15) is 16.1 Å². The van der Waals surface area contributed by atoms with Gasteiger partial charge in [0.15, 0.2) is 0 Å². The predicted molar refractivity (Wildman–Crippen MR) is 95.1 cm³/mol. The molecule has 0 spiro atoms. The Morgan fingerprint density at radius 3 is 2.38 bits per heavy atom. The van der Waals surface area contributed by atoms with Crippen LogP contribution < -0.4 is 0 Å². The zero-order valence-corrected chi connectivity index (χ0v) is 13.4. The molecule has 0 aliphatic carbocycles. The van der Waals surface area contributed by atoms with Gasteiger partial charge in [0, 0.05) is 28.2 Å². The van der Waals surface area contributed by atoms with E-state index in [2.05, 4.69) is 0 Å². The SMILES string of the molecule is N#C/C(=C\c1cccn1-c1ccc(Cl)cc1)C(=O)c1ccccc1. The highest BCUT2D eigenvalue weighted by Crippen LogP contribution is 2.19. The van der Waals surface area contributed by atoms with Crippen LogP contribution in [0.4, 0.5) is 0 Å². The van der Waals surface area contributed by atoms with Crippen molar-refractivity contribution in [3.05, 3.63) is 94.8 Å². The number of carbonyl (C=O) groups is 1. The van der Waals surface area contributed by atoms with Crippen molar-refractivity contribution in [3.8, 4) is 11.8 Å². The first-order chi connectivity index (χ1) is 11.7. The van der Waals surface area contributed by atoms with Crippen molar-refractivity contribution < 1.29 is 4.79 Å². The minimum absolute atomic E-state index is 0.0927. The Morgan fingerprint density at radius 2 is 1.71 bits per heavy atom. The average Bonchev–Trinajstić information content (AvgIpc) is 3.08. The average molecular weight is 333 g/mol. The lowest BCUT2D eigenvalue weighted by molar-refractivity contribution is 0.104. The van der Waals surface area contributed by atoms with E-state index in [0.717, 1.165) is 11.4 Å². The van der Waals surface area contributed by atoms with Gasteiger partial charge in [0.2, 0.25) is 5.78 Å². The van der Waals surface area contributed by atoms with Gasteiger partial charge in [-0.3, -0.25) is 4.79 Å². The molecule has 116 valence electrons. The molecular formula is C20H13ClN2O. The number of nitriles is 1. The fourth-order valence-electron chi connectivity index (χ4n) is 2.39. The highest BCUT2D eigenvalue weighted by Gasteiger charge is 2.12. The van der Waals surface area contributed by atoms with E-state index in [4.69, 9.17) is 11.6 Å². The van der Waals surface area contributed by atoms with Gasteiger partial charge >= 0.3 is 0 Å². The minimum Gasteiger partial charge on any atom is -0.317 e. The largest absolute Gasteiger partial charge is 0.317 e. The van der Waals surface area contributed by atoms with Crippen molar-refractivity contribution in [2.75, 3.05) is 0 Å². The van der Waals surface area contributed by atoms with Gasteiger partial charge in [-0.1, -0.05) is 41.9 Å². The van der Waals surface area contributed by atoms with Gasteiger partial charge in [-0.25, -0.2) is 0 Å². The van der Waals surface area contributed by atoms with Gasteiger partial charge in [-0.05, 0) is 42.5 Å². The van der Waals surface area contributed by atoms with Crippen LogP contribution in [-0.4, -0.2) is 10.4 Å². The lowest BCUT2D eigenvalue weighted by Gasteiger charge is -2.07. The molecule has 0 saturated carbocycles. The number of Topliss-reactive ketones (excluding diaryl/α,β-unsaturated/α-hetero) is 1. The number of nitrogens with zero attached hydrogens (tertiary/aromatic N) is 2. The summed E-state index contributed by atoms with van der Waals surface area (Å²) in [5, 5.41) is 10.0. The minimum atomic E-state index is -0.290. The zero-order valence-electron chi connectivity index (χ0n) is 12.7. The standard InChI is InChI=1S/C20H13ClN2O/c21-17-8-10-18(11-9-17)23-12-4-7-19(23)13-16(14-22)20(24)15-5-2-1-3-6-15/h1-13H/b16-13+. The maximum Gasteiger partial charge on any atom is 0.203 e. The molecule has 0 bridgehead atoms. The smallest absolute Gasteiger partial charge is 0.203 e. The number of allylic oxidation sites excluding steroid dienone is 1. The van der Waals surface area contributed by atoms with Crippen molar-refractivity contribution in [1.82, 2.24) is 4.57 Å². The molecule has 4 heteroatoms. The predicted octanol–water partition coefficient (Wildman–Crippen LogP) is 4.92. The third-order valence-corrected chi connectivity index (χ3v) is 3.83. The van der Waals surface area contributed by atoms with Crippen LogP contribution in [0.25, 0.3) is 11.8 Å². The van der Waals surface area contributed by atoms with Gasteiger partial charge in [-0.15, -0.1) is 0 Å². The second-order valence-electron chi connectivity index (χ2n) is 5.14. The van der Waals surface area contributed by atoms with Crippen molar-refractivity contribution >= 4 is 23.5 Å². The Hall–Kier alpha value is -3.09. The van der Waals surface area contributed by atoms with E-state index in [1.54, 1.807) is 42.5 Å². The third kappa shape index (κ3) is 3.29. The first kappa shape index (κ1) is 15.8. The van der Waals surface area contributed by atoms with E-state index in [1.165, 1.54) is 0 Å². The molecule has 2 aromatic carbocycles. The fourth-order valence-corrected chi connectivity index (χ4v) is 2.52. The van der Waals surface area contributed by atoms with E-state index in [9.17, 15) is 10.1 Å². The van der Waals surface area contributed by atoms with Crippen molar-refractivity contribution in [2.45, 2.75) is 0 Å². The summed E-state index contributed by atoms with van der Waals surface area (Å²) in [5.41, 5.74) is 2.24. The van der Waals surface area contributed by atoms with Crippen LogP contribution in [-0.2, 0) is 0 Å². The summed E-state index contributed by atoms with van der Waals surface area (Å²) in [4.78, 5) is 12.5. The summed E-state index contributed by atoms with van der Waals surface area (Å²) in [6.45, 7) is 0. The molecule has 0 amide bonds. The molecular weight excluding hydrogens is 320 g/mol. The van der Waals surface area contributed by atoms with Crippen LogP contribution in [0.5, 0.6) is 0 Å². The maximum absolute atomic E-state index is 12.5. The summed E-state index contributed by atoms with van der Waals surface area (Å²) in [6.07, 6.45) is 3.47. The monoisotopic (exact) mass is 332 g/mol. The van der Waals surface area contributed by atoms with E-state index in [1.807, 2.05) is 47.2 Å². The second-order valence-corrected chi connectivity index (χ2v) is 5.58. The number of aromatic nitrogens is 1. The van der Waals surface area contributed by atoms with Crippen molar-refractivity contribution in [2.24, 2.45) is 0 Å². The summed E-state index contributed by atoms with van der Waals surface area (Å²) >= 11 is 5.92. The maximum atomic E-state index is 12.5. The summed E-state index contributed by atoms with van der Waals surface area (Å²) in [7, 11) is 0. The molecule has 0 aliphatic heterocycles. The highest BCUT2D eigenvalue weighted by atomic mass is 35.5. The van der Waals surface area contributed by atoms with Gasteiger partial charge in [0.05, 0.1) is 0 Å². The molecule has 3 nitrogen and oxygen atoms in total. The van der Waals surface area contributed by atoms with E-state index >= 15 is 0 Å². The lowest BCUT2D eigenvalue weighted by Crippen LogP contribution is -2.03. The number of halogens is 1. The van der Waals surface area contributed by atoms with Gasteiger partial charge in [0.1, 0.15) is 11.6 Å². The van der Waals surface area contributed by atoms with Gasteiger partial charge in [0.25, 0.3) is 0 Å². The van der Waals surface area contributed by atoms with Crippen LogP contribution in [0.15, 0.2) is 78.5 Å². The Labute approximate surface area is 145 Å². The number of hydrogen-bond donors (Lipinski definition) is 0. The molecule has 1 aromatic heterocycles. The Morgan fingerprint density at radius 1 is 1.00 bits per heavy atom. The molecule has 0 fully saturated rings. The van der Waals surface area contributed by atoms with Crippen LogP contribution >= 0.6 is 11.6 Å². The number of rotatable bonds is 4. The molecule has 24 heavy (non-hydrogen) atoms. The van der Waals surface area contributed by atoms with E-state index in [-0.39, 0.29) is 11.4 Å². The molecule has 0 atom stereocenters. The van der Waals surface area contributed by atoms with Crippen molar-refractivity contribution in [1.29, 1.82) is 5.26 Å². The summed E-state index contributed by atoms with van der Waals surface area (Å²) in [6, 6.07) is 21.9. The third-order valence-electron chi connectivity index (χ3n) is 3.58. The van der Waals surface area contributed by atoms with Gasteiger partial charge in [-0.2, -0.15) is 5.26 Å². The number of carbonyl (C=O) groups excluding carboxylic acids is 1. The number of ketones is 1. The van der Waals surface area contributed by atoms with E-state index < -0.39 is 0 Å². The summed E-state index contributed by atoms with van der Waals surface area (Å²) < 4.78 is 1.89. The number of hydrogen-bond acceptors (Lipinski definition) is 2. The highest BCUT2D eigenvalue weighted by molar-refractivity contribution is 6.30. The first-order valence-corrected chi connectivity index (χ1v) is 7.71. The molecule has 3 aromatic rings. The topological polar surface area (TPSA) is 45.8 Å². The van der Waals surface area contributed by atoms with Gasteiger partial charge < -0.3 is 4.57 Å². The Kier molecular flexibility index (Phi) is 4.60. The normalized spacial score (nSPS) is 11.1. The molecule has 0 radical (unpaired) electrons. The quantitative estimate of drug-likeness (QED) is 0.386. The zero-order chi connectivity index (χ0) is 16.9. The summed E-state index contributed by atoms with van der Waals surface area (Å²) in [5.74, 6) is -0.290. The van der Waals surface area contributed by atoms with Crippen LogP contribution in [0.3, 0.4) is 0 Å². The second kappa shape index (κ2) is 6.99.